The van der Waals surface area contributed by atoms with E-state index in [0.717, 1.165) is 106 Å². The van der Waals surface area contributed by atoms with Crippen molar-refractivity contribution < 1.29 is 14.7 Å². The van der Waals surface area contributed by atoms with Gasteiger partial charge in [-0.25, -0.2) is 0 Å². The molecule has 1 N–H and O–H groups in total. The number of hydrogen-bond acceptors (Lipinski definition) is 4. The highest BCUT2D eigenvalue weighted by molar-refractivity contribution is 5.77. The number of likely N-dealkylation sites (tertiary alicyclic amines) is 3. The minimum absolute atomic E-state index is 0.371. The van der Waals surface area contributed by atoms with Crippen LogP contribution in [-0.4, -0.2) is 83.0 Å². The summed E-state index contributed by atoms with van der Waals surface area (Å²) in [6, 6.07) is 0. The van der Waals surface area contributed by atoms with Crippen LogP contribution in [0.2, 0.25) is 0 Å². The Balaban J connectivity index is 0.938. The van der Waals surface area contributed by atoms with Gasteiger partial charge in [0, 0.05) is 58.7 Å². The number of nitrogens with zero attached hydrogens (tertiary/aromatic N) is 3. The minimum Gasteiger partial charge on any atom is -0.389 e. The van der Waals surface area contributed by atoms with Crippen LogP contribution in [0.3, 0.4) is 0 Å². The molecule has 3 aliphatic carbocycles. The molecule has 238 valence electrons. The molecule has 6 nitrogen and oxygen atoms in total. The zero-order chi connectivity index (χ0) is 29.9. The largest absolute Gasteiger partial charge is 0.389 e. The van der Waals surface area contributed by atoms with Crippen LogP contribution < -0.4 is 0 Å². The molecule has 3 aliphatic heterocycles. The van der Waals surface area contributed by atoms with Crippen LogP contribution in [-0.2, 0) is 9.59 Å². The van der Waals surface area contributed by atoms with Crippen LogP contribution in [0.5, 0.6) is 0 Å². The van der Waals surface area contributed by atoms with Crippen LogP contribution in [0.25, 0.3) is 0 Å². The zero-order valence-electron chi connectivity index (χ0n) is 27.6. The highest BCUT2D eigenvalue weighted by Gasteiger charge is 2.49. The Morgan fingerprint density at radius 3 is 1.83 bits per heavy atom. The molecule has 0 aromatic carbocycles. The lowest BCUT2D eigenvalue weighted by Gasteiger charge is -2.28. The third-order valence-electron chi connectivity index (χ3n) is 13.6. The fraction of sp³-hybridized carbons (Fsp3) is 0.944. The molecule has 0 aromatic rings. The molecule has 0 spiro atoms. The van der Waals surface area contributed by atoms with Crippen molar-refractivity contribution in [3.8, 4) is 0 Å². The second-order valence-electron chi connectivity index (χ2n) is 17.1. The molecule has 12 unspecified atom stereocenters. The lowest BCUT2D eigenvalue weighted by Crippen LogP contribution is -2.38. The van der Waals surface area contributed by atoms with Gasteiger partial charge in [0.05, 0.1) is 5.60 Å². The number of amides is 2. The summed E-state index contributed by atoms with van der Waals surface area (Å²) in [4.78, 5) is 33.5. The maximum atomic E-state index is 13.4. The van der Waals surface area contributed by atoms with E-state index in [4.69, 9.17) is 0 Å². The van der Waals surface area contributed by atoms with E-state index >= 15 is 0 Å². The molecular formula is C36H61N3O3. The fourth-order valence-corrected chi connectivity index (χ4v) is 11.5. The van der Waals surface area contributed by atoms with E-state index in [1.165, 1.54) is 25.7 Å². The molecule has 6 rings (SSSR count). The number of aliphatic hydroxyl groups is 1. The van der Waals surface area contributed by atoms with E-state index in [9.17, 15) is 14.7 Å². The molecule has 3 saturated heterocycles. The molecule has 3 saturated carbocycles. The van der Waals surface area contributed by atoms with E-state index in [-0.39, 0.29) is 0 Å². The van der Waals surface area contributed by atoms with Gasteiger partial charge in [0.2, 0.25) is 11.8 Å². The minimum atomic E-state index is -0.628. The van der Waals surface area contributed by atoms with Crippen molar-refractivity contribution in [3.63, 3.8) is 0 Å². The van der Waals surface area contributed by atoms with Gasteiger partial charge in [-0.1, -0.05) is 27.7 Å². The van der Waals surface area contributed by atoms with Crippen molar-refractivity contribution in [1.29, 1.82) is 0 Å². The Morgan fingerprint density at radius 2 is 1.19 bits per heavy atom. The predicted molar refractivity (Wildman–Crippen MR) is 167 cm³/mol. The van der Waals surface area contributed by atoms with Gasteiger partial charge in [-0.05, 0) is 123 Å². The monoisotopic (exact) mass is 583 g/mol. The van der Waals surface area contributed by atoms with E-state index in [1.54, 1.807) is 0 Å². The number of β-amino-alcohol motifs (C(OH)–C–C–N with tert-alkyl or cyclic N) is 1. The van der Waals surface area contributed by atoms with Crippen LogP contribution >= 0.6 is 0 Å². The number of fused-ring (bicyclic) bond motifs is 3. The molecule has 6 heteroatoms. The van der Waals surface area contributed by atoms with Gasteiger partial charge in [0.15, 0.2) is 0 Å². The Kier molecular flexibility index (Phi) is 8.81. The van der Waals surface area contributed by atoms with Crippen molar-refractivity contribution >= 4 is 11.8 Å². The smallest absolute Gasteiger partial charge is 0.222 e. The van der Waals surface area contributed by atoms with E-state index in [1.807, 2.05) is 13.8 Å². The predicted octanol–water partition coefficient (Wildman–Crippen LogP) is 5.39. The highest BCUT2D eigenvalue weighted by atomic mass is 16.3. The van der Waals surface area contributed by atoms with E-state index < -0.39 is 5.60 Å². The van der Waals surface area contributed by atoms with Crippen molar-refractivity contribution in [2.45, 2.75) is 98.5 Å². The number of carbonyl (C=O) groups excluding carboxylic acids is 2. The van der Waals surface area contributed by atoms with E-state index in [2.05, 4.69) is 42.4 Å². The molecule has 0 bridgehead atoms. The Labute approximate surface area is 256 Å². The third kappa shape index (κ3) is 6.19. The van der Waals surface area contributed by atoms with Gasteiger partial charge in [-0.15, -0.1) is 0 Å². The standard InChI is InChI=1S/C36H61N3O3/c1-22-12-27-16-38(19-31(27)25(22)4)35(41)11-10-30-24(3)14-28-17-39(20-33(28)30)34(40)9-7-8-29-23(2)13-26-15-37(18-32(26)29)21-36(5,6)42/h22-33,42H,7-21H2,1-6H3. The first-order chi connectivity index (χ1) is 19.9. The quantitative estimate of drug-likeness (QED) is 0.395. The first kappa shape index (κ1) is 30.9. The first-order valence-electron chi connectivity index (χ1n) is 17.9. The Bertz CT molecular complexity index is 994. The molecule has 42 heavy (non-hydrogen) atoms. The summed E-state index contributed by atoms with van der Waals surface area (Å²) in [5.74, 6) is 9.22. The Hall–Kier alpha value is -1.14. The lowest BCUT2D eigenvalue weighted by atomic mass is 9.85. The maximum Gasteiger partial charge on any atom is 0.222 e. The summed E-state index contributed by atoms with van der Waals surface area (Å²) in [5, 5.41) is 10.3. The van der Waals surface area contributed by atoms with Gasteiger partial charge < -0.3 is 14.9 Å². The van der Waals surface area contributed by atoms with Crippen LogP contribution in [0, 0.1) is 71.0 Å². The second kappa shape index (κ2) is 12.0. The summed E-state index contributed by atoms with van der Waals surface area (Å²) >= 11 is 0. The fourth-order valence-electron chi connectivity index (χ4n) is 11.5. The number of hydrogen-bond donors (Lipinski definition) is 1. The van der Waals surface area contributed by atoms with Gasteiger partial charge >= 0.3 is 0 Å². The van der Waals surface area contributed by atoms with Crippen molar-refractivity contribution in [2.75, 3.05) is 45.8 Å². The van der Waals surface area contributed by atoms with E-state index in [0.29, 0.717) is 48.3 Å². The highest BCUT2D eigenvalue weighted by Crippen LogP contribution is 2.50. The zero-order valence-corrected chi connectivity index (χ0v) is 27.6. The third-order valence-corrected chi connectivity index (χ3v) is 13.6. The van der Waals surface area contributed by atoms with Crippen molar-refractivity contribution in [2.24, 2.45) is 71.0 Å². The Morgan fingerprint density at radius 1 is 0.667 bits per heavy atom. The summed E-state index contributed by atoms with van der Waals surface area (Å²) in [6.07, 6.45) is 8.41. The SMILES string of the molecule is CC1CC2CN(C(=O)CCC3C(C)CC4CN(C(=O)CCCC5C(C)CC6CN(CC(C)(C)O)CC65)CC43)CC2C1C. The number of rotatable bonds is 9. The molecule has 2 amide bonds. The van der Waals surface area contributed by atoms with Gasteiger partial charge in [-0.3, -0.25) is 14.5 Å². The average molecular weight is 584 g/mol. The summed E-state index contributed by atoms with van der Waals surface area (Å²) in [7, 11) is 0. The molecule has 6 fully saturated rings. The van der Waals surface area contributed by atoms with Crippen LogP contribution in [0.15, 0.2) is 0 Å². The topological polar surface area (TPSA) is 64.1 Å². The van der Waals surface area contributed by atoms with Crippen molar-refractivity contribution in [1.82, 2.24) is 14.7 Å². The van der Waals surface area contributed by atoms with Gasteiger partial charge in [0.25, 0.3) is 0 Å². The molecular weight excluding hydrogens is 522 g/mol. The van der Waals surface area contributed by atoms with Crippen LogP contribution in [0.4, 0.5) is 0 Å². The molecule has 12 atom stereocenters. The first-order valence-corrected chi connectivity index (χ1v) is 17.9. The van der Waals surface area contributed by atoms with Crippen LogP contribution in [0.1, 0.15) is 92.9 Å². The normalized spacial score (nSPS) is 43.3. The number of carbonyl (C=O) groups is 2. The molecule has 6 aliphatic rings. The molecule has 3 heterocycles. The maximum absolute atomic E-state index is 13.4. The van der Waals surface area contributed by atoms with Gasteiger partial charge in [0.1, 0.15) is 0 Å². The second-order valence-corrected chi connectivity index (χ2v) is 17.1. The summed E-state index contributed by atoms with van der Waals surface area (Å²) in [6.45, 7) is 20.3. The summed E-state index contributed by atoms with van der Waals surface area (Å²) < 4.78 is 0. The lowest BCUT2D eigenvalue weighted by molar-refractivity contribution is -0.132. The summed E-state index contributed by atoms with van der Waals surface area (Å²) in [5.41, 5.74) is -0.628. The average Bonchev–Trinajstić information content (AvgIpc) is 3.72. The molecule has 0 aromatic heterocycles. The molecule has 0 radical (unpaired) electrons. The van der Waals surface area contributed by atoms with Gasteiger partial charge in [-0.2, -0.15) is 0 Å². The van der Waals surface area contributed by atoms with Crippen molar-refractivity contribution in [3.05, 3.63) is 0 Å².